The van der Waals surface area contributed by atoms with E-state index in [1.54, 1.807) is 24.3 Å². The minimum atomic E-state index is -0.651. The summed E-state index contributed by atoms with van der Waals surface area (Å²) in [5.41, 5.74) is 2.02. The summed E-state index contributed by atoms with van der Waals surface area (Å²) in [6, 6.07) is 26.0. The summed E-state index contributed by atoms with van der Waals surface area (Å²) in [6.07, 6.45) is 0. The molecule has 4 aromatic rings. The maximum atomic E-state index is 12.8. The summed E-state index contributed by atoms with van der Waals surface area (Å²) in [4.78, 5) is 40.0. The van der Waals surface area contributed by atoms with Crippen LogP contribution in [0.5, 0.6) is 0 Å². The molecule has 148 valence electrons. The van der Waals surface area contributed by atoms with Crippen LogP contribution in [0.4, 0.5) is 4.79 Å². The van der Waals surface area contributed by atoms with Crippen molar-refractivity contribution in [3.63, 3.8) is 0 Å². The quantitative estimate of drug-likeness (QED) is 0.490. The van der Waals surface area contributed by atoms with E-state index in [1.807, 2.05) is 60.7 Å². The average Bonchev–Trinajstić information content (AvgIpc) is 2.78. The molecule has 3 N–H and O–H groups in total. The maximum Gasteiger partial charge on any atom is 0.322 e. The van der Waals surface area contributed by atoms with E-state index in [2.05, 4.69) is 15.6 Å². The van der Waals surface area contributed by atoms with Crippen molar-refractivity contribution in [3.05, 3.63) is 118 Å². The van der Waals surface area contributed by atoms with Gasteiger partial charge in [-0.15, -0.1) is 0 Å². The third-order valence-electron chi connectivity index (χ3n) is 4.76. The summed E-state index contributed by atoms with van der Waals surface area (Å²) < 4.78 is 0. The van der Waals surface area contributed by atoms with E-state index >= 15 is 0 Å². The van der Waals surface area contributed by atoms with E-state index in [9.17, 15) is 14.4 Å². The van der Waals surface area contributed by atoms with Gasteiger partial charge in [-0.25, -0.2) is 4.79 Å². The molecule has 6 heteroatoms. The number of aromatic nitrogens is 1. The second-order valence-corrected chi connectivity index (χ2v) is 6.77. The van der Waals surface area contributed by atoms with Crippen molar-refractivity contribution in [2.75, 3.05) is 0 Å². The molecule has 0 saturated carbocycles. The van der Waals surface area contributed by atoms with Crippen molar-refractivity contribution in [1.82, 2.24) is 15.6 Å². The Morgan fingerprint density at radius 1 is 0.767 bits per heavy atom. The van der Waals surface area contributed by atoms with Gasteiger partial charge in [0.1, 0.15) is 0 Å². The average molecular weight is 397 g/mol. The van der Waals surface area contributed by atoms with Crippen LogP contribution in [0.3, 0.4) is 0 Å². The number of nitrogens with one attached hydrogen (secondary N) is 3. The summed E-state index contributed by atoms with van der Waals surface area (Å²) >= 11 is 0. The van der Waals surface area contributed by atoms with Crippen molar-refractivity contribution in [2.45, 2.75) is 6.04 Å². The summed E-state index contributed by atoms with van der Waals surface area (Å²) in [7, 11) is 0. The number of carbonyl (C=O) groups excluding carboxylic acids is 2. The Morgan fingerprint density at radius 3 is 1.97 bits per heavy atom. The molecule has 0 aliphatic carbocycles. The molecular weight excluding hydrogens is 378 g/mol. The minimum Gasteiger partial charge on any atom is -0.327 e. The first kappa shape index (κ1) is 19.1. The molecule has 0 unspecified atom stereocenters. The highest BCUT2D eigenvalue weighted by Gasteiger charge is 2.19. The highest BCUT2D eigenvalue weighted by atomic mass is 16.2. The number of hydrogen-bond donors (Lipinski definition) is 3. The zero-order chi connectivity index (χ0) is 20.9. The van der Waals surface area contributed by atoms with Crippen LogP contribution in [0.1, 0.15) is 27.5 Å². The third-order valence-corrected chi connectivity index (χ3v) is 4.76. The Balaban J connectivity index is 1.59. The standard InChI is InChI=1S/C24H19N3O3/c28-21-15-19(18-13-7-8-14-20(18)25-21)23(29)27-24(30)26-22(16-9-3-1-4-10-16)17-11-5-2-6-12-17/h1-15,22H,(H,25,28)(H2,26,27,29,30). The van der Waals surface area contributed by atoms with Gasteiger partial charge < -0.3 is 10.3 Å². The molecule has 0 aliphatic rings. The lowest BCUT2D eigenvalue weighted by atomic mass is 9.99. The van der Waals surface area contributed by atoms with Crippen LogP contribution in [0.25, 0.3) is 10.9 Å². The first-order valence-electron chi connectivity index (χ1n) is 9.45. The number of urea groups is 1. The first-order valence-corrected chi connectivity index (χ1v) is 9.45. The summed E-state index contributed by atoms with van der Waals surface area (Å²) in [6.45, 7) is 0. The number of rotatable bonds is 4. The van der Waals surface area contributed by atoms with Gasteiger partial charge in [-0.2, -0.15) is 0 Å². The van der Waals surface area contributed by atoms with E-state index in [0.29, 0.717) is 10.9 Å². The monoisotopic (exact) mass is 397 g/mol. The number of carbonyl (C=O) groups is 2. The zero-order valence-electron chi connectivity index (χ0n) is 16.0. The molecule has 0 fully saturated rings. The number of amides is 3. The molecule has 1 aromatic heterocycles. The normalized spacial score (nSPS) is 10.7. The van der Waals surface area contributed by atoms with Crippen molar-refractivity contribution in [3.8, 4) is 0 Å². The van der Waals surface area contributed by atoms with Crippen molar-refractivity contribution in [2.24, 2.45) is 0 Å². The second-order valence-electron chi connectivity index (χ2n) is 6.77. The number of benzene rings is 3. The molecule has 30 heavy (non-hydrogen) atoms. The van der Waals surface area contributed by atoms with Gasteiger partial charge in [0.2, 0.25) is 5.56 Å². The fourth-order valence-electron chi connectivity index (χ4n) is 3.38. The fourth-order valence-corrected chi connectivity index (χ4v) is 3.38. The van der Waals surface area contributed by atoms with Gasteiger partial charge in [0.05, 0.1) is 11.6 Å². The Morgan fingerprint density at radius 2 is 1.33 bits per heavy atom. The van der Waals surface area contributed by atoms with E-state index in [4.69, 9.17) is 0 Å². The highest BCUT2D eigenvalue weighted by molar-refractivity contribution is 6.11. The molecule has 0 bridgehead atoms. The van der Waals surface area contributed by atoms with E-state index < -0.39 is 23.5 Å². The van der Waals surface area contributed by atoms with Crippen LogP contribution in [-0.4, -0.2) is 16.9 Å². The van der Waals surface area contributed by atoms with Gasteiger partial charge in [0, 0.05) is 17.0 Å². The Hall–Kier alpha value is -4.19. The Labute approximate surface area is 172 Å². The number of H-pyrrole nitrogens is 1. The SMILES string of the molecule is O=C(NC(=O)c1cc(=O)[nH]c2ccccc12)NC(c1ccccc1)c1ccccc1. The molecule has 3 aromatic carbocycles. The lowest BCUT2D eigenvalue weighted by Gasteiger charge is -2.20. The molecule has 3 amide bonds. The van der Waals surface area contributed by atoms with Gasteiger partial charge in [0.25, 0.3) is 5.91 Å². The lowest BCUT2D eigenvalue weighted by Crippen LogP contribution is -2.41. The number of para-hydroxylation sites is 1. The first-order chi connectivity index (χ1) is 14.6. The van der Waals surface area contributed by atoms with Gasteiger partial charge >= 0.3 is 6.03 Å². The Bertz CT molecular complexity index is 1210. The second kappa shape index (κ2) is 8.45. The smallest absolute Gasteiger partial charge is 0.322 e. The highest BCUT2D eigenvalue weighted by Crippen LogP contribution is 2.21. The number of aromatic amines is 1. The molecule has 0 atom stereocenters. The van der Waals surface area contributed by atoms with Gasteiger partial charge in [0.15, 0.2) is 0 Å². The van der Waals surface area contributed by atoms with Crippen molar-refractivity contribution in [1.29, 1.82) is 0 Å². The lowest BCUT2D eigenvalue weighted by molar-refractivity contribution is 0.0965. The van der Waals surface area contributed by atoms with Crippen LogP contribution >= 0.6 is 0 Å². The number of hydrogen-bond acceptors (Lipinski definition) is 3. The molecule has 1 heterocycles. The third kappa shape index (κ3) is 4.12. The van der Waals surface area contributed by atoms with Crippen LogP contribution in [0, 0.1) is 0 Å². The molecule has 0 saturated heterocycles. The van der Waals surface area contributed by atoms with Gasteiger partial charge in [-0.1, -0.05) is 78.9 Å². The van der Waals surface area contributed by atoms with Crippen LogP contribution in [0.2, 0.25) is 0 Å². The predicted octanol–water partition coefficient (Wildman–Crippen LogP) is 3.76. The largest absolute Gasteiger partial charge is 0.327 e. The van der Waals surface area contributed by atoms with Crippen molar-refractivity contribution < 1.29 is 9.59 Å². The summed E-state index contributed by atoms with van der Waals surface area (Å²) in [5.74, 6) is -0.644. The van der Waals surface area contributed by atoms with Crippen LogP contribution in [-0.2, 0) is 0 Å². The topological polar surface area (TPSA) is 91.1 Å². The van der Waals surface area contributed by atoms with Crippen LogP contribution in [0.15, 0.2) is 95.8 Å². The van der Waals surface area contributed by atoms with E-state index in [1.165, 1.54) is 6.07 Å². The van der Waals surface area contributed by atoms with Crippen LogP contribution < -0.4 is 16.2 Å². The molecule has 6 nitrogen and oxygen atoms in total. The molecule has 4 rings (SSSR count). The molecular formula is C24H19N3O3. The van der Waals surface area contributed by atoms with E-state index in [-0.39, 0.29) is 5.56 Å². The fraction of sp³-hybridized carbons (Fsp3) is 0.0417. The molecule has 0 spiro atoms. The number of pyridine rings is 1. The number of imide groups is 1. The van der Waals surface area contributed by atoms with Gasteiger partial charge in [-0.3, -0.25) is 14.9 Å². The minimum absolute atomic E-state index is 0.139. The summed E-state index contributed by atoms with van der Waals surface area (Å²) in [5, 5.41) is 5.76. The van der Waals surface area contributed by atoms with Gasteiger partial charge in [-0.05, 0) is 17.2 Å². The van der Waals surface area contributed by atoms with Crippen molar-refractivity contribution >= 4 is 22.8 Å². The zero-order valence-corrected chi connectivity index (χ0v) is 16.0. The van der Waals surface area contributed by atoms with E-state index in [0.717, 1.165) is 11.1 Å². The molecule has 0 aliphatic heterocycles. The number of fused-ring (bicyclic) bond motifs is 1. The predicted molar refractivity (Wildman–Crippen MR) is 115 cm³/mol. The molecule has 0 radical (unpaired) electrons. The maximum absolute atomic E-state index is 12.8. The Kier molecular flexibility index (Phi) is 5.39.